The van der Waals surface area contributed by atoms with Gasteiger partial charge in [0.2, 0.25) is 11.8 Å². The van der Waals surface area contributed by atoms with Crippen LogP contribution in [0.4, 0.5) is 0 Å². The van der Waals surface area contributed by atoms with Crippen molar-refractivity contribution in [3.05, 3.63) is 0 Å². The van der Waals surface area contributed by atoms with Gasteiger partial charge in [0.1, 0.15) is 6.17 Å². The lowest BCUT2D eigenvalue weighted by atomic mass is 10.0. The minimum absolute atomic E-state index is 0.0727. The van der Waals surface area contributed by atoms with Crippen LogP contribution in [0, 0.1) is 0 Å². The van der Waals surface area contributed by atoms with Crippen LogP contribution in [0.2, 0.25) is 0 Å². The normalized spacial score (nSPS) is 11.4. The van der Waals surface area contributed by atoms with Crippen molar-refractivity contribution in [3.63, 3.8) is 0 Å². The molecule has 0 aromatic rings. The van der Waals surface area contributed by atoms with Crippen LogP contribution in [0.3, 0.4) is 0 Å². The molecular weight excluding hydrogens is 566 g/mol. The van der Waals surface area contributed by atoms with E-state index in [2.05, 4.69) is 36.7 Å². The second-order valence-corrected chi connectivity index (χ2v) is 14.2. The van der Waals surface area contributed by atoms with Gasteiger partial charge >= 0.3 is 0 Å². The Hall–Kier alpha value is -1.10. The van der Waals surface area contributed by atoms with E-state index < -0.39 is 0 Å². The predicted molar refractivity (Wildman–Crippen MR) is 202 cm³/mol. The predicted octanol–water partition coefficient (Wildman–Crippen LogP) is 12.1. The topological polar surface area (TPSA) is 70.2 Å². The lowest BCUT2D eigenvalue weighted by molar-refractivity contribution is -0.124. The Labute approximate surface area is 288 Å². The van der Waals surface area contributed by atoms with Gasteiger partial charge in [-0.3, -0.25) is 9.59 Å². The van der Waals surface area contributed by atoms with Crippen molar-refractivity contribution >= 4 is 11.8 Å². The summed E-state index contributed by atoms with van der Waals surface area (Å²) in [5.41, 5.74) is 0. The van der Waals surface area contributed by atoms with E-state index in [1.54, 1.807) is 0 Å². The highest BCUT2D eigenvalue weighted by Crippen LogP contribution is 2.15. The van der Waals surface area contributed by atoms with E-state index in [9.17, 15) is 9.59 Å². The lowest BCUT2D eigenvalue weighted by Crippen LogP contribution is -2.49. The average molecular weight is 650 g/mol. The number of hydrogen-bond donors (Lipinski definition) is 3. The number of hydrogen-bond acceptors (Lipinski definition) is 3. The standard InChI is InChI=1S/C41H83N3O2/c1-4-7-9-11-13-15-17-19-21-23-25-27-29-31-33-35-40(45)43-39(37-38-42-6-3)44-41(46)36-34-32-30-28-26-24-22-20-18-16-14-12-10-8-5-2/h39,42H,4-38H2,1-3H3,(H,43,45)(H,44,46). The van der Waals surface area contributed by atoms with E-state index in [4.69, 9.17) is 0 Å². The van der Waals surface area contributed by atoms with E-state index >= 15 is 0 Å². The summed E-state index contributed by atoms with van der Waals surface area (Å²) in [6, 6.07) is 0. The molecule has 0 fully saturated rings. The van der Waals surface area contributed by atoms with Gasteiger partial charge in [-0.05, 0) is 32.4 Å². The summed E-state index contributed by atoms with van der Waals surface area (Å²) in [6.07, 6.45) is 41.4. The zero-order chi connectivity index (χ0) is 33.6. The lowest BCUT2D eigenvalue weighted by Gasteiger charge is -2.20. The number of rotatable bonds is 38. The summed E-state index contributed by atoms with van der Waals surface area (Å²) in [7, 11) is 0. The Bertz CT molecular complexity index is 579. The molecule has 0 unspecified atom stereocenters. The molecule has 0 saturated carbocycles. The monoisotopic (exact) mass is 650 g/mol. The van der Waals surface area contributed by atoms with E-state index in [-0.39, 0.29) is 18.0 Å². The molecule has 0 rings (SSSR count). The van der Waals surface area contributed by atoms with Crippen LogP contribution in [0.5, 0.6) is 0 Å². The van der Waals surface area contributed by atoms with Crippen molar-refractivity contribution in [2.24, 2.45) is 0 Å². The number of nitrogens with one attached hydrogen (secondary N) is 3. The fourth-order valence-electron chi connectivity index (χ4n) is 6.45. The van der Waals surface area contributed by atoms with E-state index in [1.165, 1.54) is 167 Å². The van der Waals surface area contributed by atoms with Crippen LogP contribution in [0.15, 0.2) is 0 Å². The molecule has 0 heterocycles. The molecule has 0 spiro atoms. The first kappa shape index (κ1) is 44.9. The Balaban J connectivity index is 3.78. The Kier molecular flexibility index (Phi) is 37.4. The maximum atomic E-state index is 12.6. The van der Waals surface area contributed by atoms with E-state index in [0.717, 1.165) is 45.2 Å². The average Bonchev–Trinajstić information content (AvgIpc) is 3.04. The van der Waals surface area contributed by atoms with Crippen LogP contribution in [-0.4, -0.2) is 31.1 Å². The van der Waals surface area contributed by atoms with Crippen LogP contribution in [0.1, 0.15) is 233 Å². The minimum Gasteiger partial charge on any atom is -0.336 e. The van der Waals surface area contributed by atoms with E-state index in [0.29, 0.717) is 12.8 Å². The van der Waals surface area contributed by atoms with Gasteiger partial charge in [-0.1, -0.05) is 201 Å². The second kappa shape index (κ2) is 38.3. The number of amides is 2. The molecule has 0 saturated heterocycles. The highest BCUT2D eigenvalue weighted by Gasteiger charge is 2.14. The maximum absolute atomic E-state index is 12.6. The number of carbonyl (C=O) groups is 2. The van der Waals surface area contributed by atoms with Gasteiger partial charge in [0.15, 0.2) is 0 Å². The van der Waals surface area contributed by atoms with Gasteiger partial charge in [0, 0.05) is 12.8 Å². The van der Waals surface area contributed by atoms with Crippen molar-refractivity contribution in [3.8, 4) is 0 Å². The van der Waals surface area contributed by atoms with Crippen molar-refractivity contribution in [1.82, 2.24) is 16.0 Å². The van der Waals surface area contributed by atoms with Crippen molar-refractivity contribution in [2.45, 2.75) is 239 Å². The molecule has 0 radical (unpaired) electrons. The zero-order valence-electron chi connectivity index (χ0n) is 31.6. The van der Waals surface area contributed by atoms with Gasteiger partial charge < -0.3 is 16.0 Å². The molecule has 0 aliphatic carbocycles. The third kappa shape index (κ3) is 35.7. The fraction of sp³-hybridized carbons (Fsp3) is 0.951. The molecule has 0 atom stereocenters. The van der Waals surface area contributed by atoms with Gasteiger partial charge in [0.25, 0.3) is 0 Å². The van der Waals surface area contributed by atoms with Crippen LogP contribution >= 0.6 is 0 Å². The zero-order valence-corrected chi connectivity index (χ0v) is 31.6. The molecule has 0 aliphatic heterocycles. The molecule has 5 heteroatoms. The van der Waals surface area contributed by atoms with Gasteiger partial charge in [0.05, 0.1) is 0 Å². The van der Waals surface area contributed by atoms with Crippen molar-refractivity contribution in [1.29, 1.82) is 0 Å². The first-order valence-electron chi connectivity index (χ1n) is 20.9. The molecule has 0 aromatic heterocycles. The van der Waals surface area contributed by atoms with Crippen molar-refractivity contribution in [2.75, 3.05) is 13.1 Å². The Morgan fingerprint density at radius 3 is 0.913 bits per heavy atom. The molecule has 3 N–H and O–H groups in total. The largest absolute Gasteiger partial charge is 0.336 e. The smallest absolute Gasteiger partial charge is 0.221 e. The second-order valence-electron chi connectivity index (χ2n) is 14.2. The van der Waals surface area contributed by atoms with Gasteiger partial charge in [-0.2, -0.15) is 0 Å². The highest BCUT2D eigenvalue weighted by molar-refractivity contribution is 5.79. The molecule has 0 bridgehead atoms. The van der Waals surface area contributed by atoms with Crippen LogP contribution < -0.4 is 16.0 Å². The molecule has 0 aliphatic rings. The Morgan fingerprint density at radius 2 is 0.652 bits per heavy atom. The first-order valence-corrected chi connectivity index (χ1v) is 20.9. The van der Waals surface area contributed by atoms with Gasteiger partial charge in [-0.15, -0.1) is 0 Å². The summed E-state index contributed by atoms with van der Waals surface area (Å²) in [5, 5.41) is 9.52. The fourth-order valence-corrected chi connectivity index (χ4v) is 6.45. The third-order valence-electron chi connectivity index (χ3n) is 9.55. The molecule has 0 aromatic carbocycles. The molecule has 46 heavy (non-hydrogen) atoms. The molecular formula is C41H83N3O2. The number of carbonyl (C=O) groups excluding carboxylic acids is 2. The van der Waals surface area contributed by atoms with E-state index in [1.807, 2.05) is 0 Å². The molecule has 2 amide bonds. The summed E-state index contributed by atoms with van der Waals surface area (Å²) in [6.45, 7) is 8.34. The van der Waals surface area contributed by atoms with Crippen LogP contribution in [-0.2, 0) is 9.59 Å². The van der Waals surface area contributed by atoms with Gasteiger partial charge in [-0.25, -0.2) is 0 Å². The minimum atomic E-state index is -0.272. The molecule has 5 nitrogen and oxygen atoms in total. The maximum Gasteiger partial charge on any atom is 0.221 e. The highest BCUT2D eigenvalue weighted by atomic mass is 16.2. The summed E-state index contributed by atoms with van der Waals surface area (Å²) < 4.78 is 0. The van der Waals surface area contributed by atoms with Crippen molar-refractivity contribution < 1.29 is 9.59 Å². The quantitative estimate of drug-likeness (QED) is 0.0460. The summed E-state index contributed by atoms with van der Waals surface area (Å²) in [5.74, 6) is 0.145. The number of unbranched alkanes of at least 4 members (excludes halogenated alkanes) is 28. The summed E-state index contributed by atoms with van der Waals surface area (Å²) >= 11 is 0. The van der Waals surface area contributed by atoms with Crippen LogP contribution in [0.25, 0.3) is 0 Å². The third-order valence-corrected chi connectivity index (χ3v) is 9.55. The molecule has 274 valence electrons. The SMILES string of the molecule is CCCCCCCCCCCCCCCCCC(=O)NC(CCNCC)NC(=O)CCCCCCCCCCCCCCCCC. The first-order chi connectivity index (χ1) is 22.6. The Morgan fingerprint density at radius 1 is 0.391 bits per heavy atom. The summed E-state index contributed by atoms with van der Waals surface area (Å²) in [4.78, 5) is 25.3.